The molecule has 0 atom stereocenters. The largest absolute Gasteiger partial charge is 0.310 e. The van der Waals surface area contributed by atoms with Gasteiger partial charge in [-0.2, -0.15) is 0 Å². The predicted octanol–water partition coefficient (Wildman–Crippen LogP) is 13.8. The van der Waals surface area contributed by atoms with Crippen LogP contribution in [0.2, 0.25) is 0 Å². The van der Waals surface area contributed by atoms with Crippen molar-refractivity contribution in [2.75, 3.05) is 4.90 Å². The molecule has 9 rings (SSSR count). The number of aryl methyl sites for hydroxylation is 1. The molecule has 3 aliphatic carbocycles. The molecule has 0 aromatic heterocycles. The van der Waals surface area contributed by atoms with E-state index in [-0.39, 0.29) is 10.8 Å². The lowest BCUT2D eigenvalue weighted by Crippen LogP contribution is -2.19. The van der Waals surface area contributed by atoms with Gasteiger partial charge in [-0.3, -0.25) is 0 Å². The predicted molar refractivity (Wildman–Crippen MR) is 212 cm³/mol. The summed E-state index contributed by atoms with van der Waals surface area (Å²) in [5.41, 5.74) is 19.8. The Balaban J connectivity index is 1.24. The Labute approximate surface area is 298 Å². The maximum absolute atomic E-state index is 2.55. The Morgan fingerprint density at radius 2 is 1.04 bits per heavy atom. The van der Waals surface area contributed by atoms with Crippen molar-refractivity contribution < 1.29 is 0 Å². The normalized spacial score (nSPS) is 16.7. The fraction of sp³-hybridized carbons (Fsp3) is 0.265. The molecule has 0 heterocycles. The van der Waals surface area contributed by atoms with E-state index in [2.05, 4.69) is 167 Å². The minimum absolute atomic E-state index is 0.0846. The second-order valence-corrected chi connectivity index (χ2v) is 16.1. The fourth-order valence-electron chi connectivity index (χ4n) is 9.61. The average Bonchev–Trinajstić information content (AvgIpc) is 3.51. The van der Waals surface area contributed by atoms with Gasteiger partial charge in [0.05, 0.1) is 5.69 Å². The first kappa shape index (κ1) is 31.1. The first-order valence-corrected chi connectivity index (χ1v) is 18.7. The van der Waals surface area contributed by atoms with Crippen molar-refractivity contribution in [3.63, 3.8) is 0 Å². The SMILES string of the molecule is Cc1cc2c(cc1N(c1ccc3c(c1)C(C)(C)c1ccccc1-3)c1ccccc1-c1ccc(C3CCCCC3)cc1)C(C)(C)c1ccccc1-2. The van der Waals surface area contributed by atoms with Gasteiger partial charge in [0.25, 0.3) is 0 Å². The van der Waals surface area contributed by atoms with Crippen LogP contribution >= 0.6 is 0 Å². The van der Waals surface area contributed by atoms with Crippen LogP contribution in [-0.4, -0.2) is 0 Å². The highest BCUT2D eigenvalue weighted by atomic mass is 15.1. The summed E-state index contributed by atoms with van der Waals surface area (Å²) in [4.78, 5) is 2.55. The lowest BCUT2D eigenvalue weighted by atomic mass is 9.81. The van der Waals surface area contributed by atoms with Gasteiger partial charge in [-0.1, -0.05) is 144 Å². The number of nitrogens with zero attached hydrogens (tertiary/aromatic N) is 1. The van der Waals surface area contributed by atoms with Crippen LogP contribution in [0.1, 0.15) is 99.1 Å². The van der Waals surface area contributed by atoms with Gasteiger partial charge in [-0.15, -0.1) is 0 Å². The summed E-state index contributed by atoms with van der Waals surface area (Å²) in [6.07, 6.45) is 6.74. The minimum Gasteiger partial charge on any atom is -0.310 e. The molecule has 6 aromatic rings. The van der Waals surface area contributed by atoms with Crippen LogP contribution in [0.25, 0.3) is 33.4 Å². The molecule has 1 saturated carbocycles. The molecule has 248 valence electrons. The third-order valence-corrected chi connectivity index (χ3v) is 12.4. The topological polar surface area (TPSA) is 3.24 Å². The fourth-order valence-corrected chi connectivity index (χ4v) is 9.61. The van der Waals surface area contributed by atoms with Crippen LogP contribution in [-0.2, 0) is 10.8 Å². The van der Waals surface area contributed by atoms with E-state index in [0.717, 1.165) is 0 Å². The number of rotatable bonds is 5. The molecule has 1 fully saturated rings. The molecule has 1 heteroatoms. The summed E-state index contributed by atoms with van der Waals surface area (Å²) < 4.78 is 0. The van der Waals surface area contributed by atoms with Crippen LogP contribution in [0.5, 0.6) is 0 Å². The van der Waals surface area contributed by atoms with Gasteiger partial charge in [-0.25, -0.2) is 0 Å². The molecule has 6 aromatic carbocycles. The average molecular weight is 650 g/mol. The Hall–Kier alpha value is -4.88. The van der Waals surface area contributed by atoms with Crippen LogP contribution in [0.3, 0.4) is 0 Å². The zero-order chi connectivity index (χ0) is 34.2. The van der Waals surface area contributed by atoms with Gasteiger partial charge in [0, 0.05) is 27.8 Å². The van der Waals surface area contributed by atoms with Crippen LogP contribution in [0, 0.1) is 6.92 Å². The van der Waals surface area contributed by atoms with E-state index in [1.165, 1.54) is 116 Å². The highest BCUT2D eigenvalue weighted by molar-refractivity contribution is 5.93. The molecule has 0 unspecified atom stereocenters. The molecule has 0 amide bonds. The minimum atomic E-state index is -0.0872. The van der Waals surface area contributed by atoms with Crippen molar-refractivity contribution in [1.29, 1.82) is 0 Å². The van der Waals surface area contributed by atoms with Crippen LogP contribution in [0.4, 0.5) is 17.1 Å². The Kier molecular flexibility index (Phi) is 7.22. The van der Waals surface area contributed by atoms with E-state index in [1.54, 1.807) is 0 Å². The maximum atomic E-state index is 2.55. The number of anilines is 3. The van der Waals surface area contributed by atoms with E-state index in [9.17, 15) is 0 Å². The first-order chi connectivity index (χ1) is 24.2. The smallest absolute Gasteiger partial charge is 0.0540 e. The third-order valence-electron chi connectivity index (χ3n) is 12.4. The first-order valence-electron chi connectivity index (χ1n) is 18.7. The molecule has 0 spiro atoms. The highest BCUT2D eigenvalue weighted by Gasteiger charge is 2.38. The zero-order valence-corrected chi connectivity index (χ0v) is 30.2. The molecule has 0 radical (unpaired) electrons. The van der Waals surface area contributed by atoms with E-state index >= 15 is 0 Å². The maximum Gasteiger partial charge on any atom is 0.0540 e. The summed E-state index contributed by atoms with van der Waals surface area (Å²) in [5, 5.41) is 0. The van der Waals surface area contributed by atoms with Gasteiger partial charge in [-0.05, 0) is 117 Å². The second kappa shape index (κ2) is 11.6. The standard InChI is InChI=1S/C49H47N/c1-32-29-41-39-19-10-13-21-43(39)49(4,5)45(41)31-47(32)50(36-27-28-40-38-18-9-12-20-42(38)48(2,3)44(40)30-36)46-22-14-11-17-37(46)35-25-23-34(24-26-35)33-15-7-6-8-16-33/h9-14,17-31,33H,6-8,15-16H2,1-5H3. The van der Waals surface area contributed by atoms with Gasteiger partial charge >= 0.3 is 0 Å². The summed E-state index contributed by atoms with van der Waals surface area (Å²) in [5.74, 6) is 0.699. The van der Waals surface area contributed by atoms with Gasteiger partial charge in [0.2, 0.25) is 0 Å². The van der Waals surface area contributed by atoms with E-state index in [4.69, 9.17) is 0 Å². The van der Waals surface area contributed by atoms with Crippen molar-refractivity contribution in [3.8, 4) is 33.4 Å². The monoisotopic (exact) mass is 649 g/mol. The number of hydrogen-bond donors (Lipinski definition) is 0. The molecule has 0 bridgehead atoms. The van der Waals surface area contributed by atoms with Crippen molar-refractivity contribution in [2.45, 2.75) is 83.5 Å². The lowest BCUT2D eigenvalue weighted by Gasteiger charge is -2.32. The van der Waals surface area contributed by atoms with Crippen LogP contribution in [0.15, 0.2) is 127 Å². The van der Waals surface area contributed by atoms with Gasteiger partial charge in [0.1, 0.15) is 0 Å². The molecule has 1 nitrogen and oxygen atoms in total. The number of benzene rings is 6. The molecule has 0 aliphatic heterocycles. The molecule has 3 aliphatic rings. The number of para-hydroxylation sites is 1. The quantitative estimate of drug-likeness (QED) is 0.180. The van der Waals surface area contributed by atoms with Gasteiger partial charge < -0.3 is 4.90 Å². The third kappa shape index (κ3) is 4.73. The Morgan fingerprint density at radius 3 is 1.72 bits per heavy atom. The zero-order valence-electron chi connectivity index (χ0n) is 30.2. The summed E-state index contributed by atoms with van der Waals surface area (Å²) in [6, 6.07) is 48.7. The Morgan fingerprint density at radius 1 is 0.480 bits per heavy atom. The van der Waals surface area contributed by atoms with E-state index in [1.807, 2.05) is 0 Å². The van der Waals surface area contributed by atoms with E-state index in [0.29, 0.717) is 5.92 Å². The molecular formula is C49H47N. The van der Waals surface area contributed by atoms with Crippen molar-refractivity contribution in [1.82, 2.24) is 0 Å². The summed E-state index contributed by atoms with van der Waals surface area (Å²) in [6.45, 7) is 11.8. The molecular weight excluding hydrogens is 603 g/mol. The second-order valence-electron chi connectivity index (χ2n) is 16.1. The molecule has 0 N–H and O–H groups in total. The van der Waals surface area contributed by atoms with Crippen molar-refractivity contribution >= 4 is 17.1 Å². The highest BCUT2D eigenvalue weighted by Crippen LogP contribution is 2.54. The lowest BCUT2D eigenvalue weighted by molar-refractivity contribution is 0.443. The summed E-state index contributed by atoms with van der Waals surface area (Å²) in [7, 11) is 0. The Bertz CT molecular complexity index is 2260. The van der Waals surface area contributed by atoms with Gasteiger partial charge in [0.15, 0.2) is 0 Å². The van der Waals surface area contributed by atoms with Crippen molar-refractivity contribution in [3.05, 3.63) is 161 Å². The molecule has 0 saturated heterocycles. The molecule has 50 heavy (non-hydrogen) atoms. The van der Waals surface area contributed by atoms with E-state index < -0.39 is 0 Å². The summed E-state index contributed by atoms with van der Waals surface area (Å²) >= 11 is 0. The number of fused-ring (bicyclic) bond motifs is 6. The van der Waals surface area contributed by atoms with Crippen molar-refractivity contribution in [2.24, 2.45) is 0 Å². The number of hydrogen-bond acceptors (Lipinski definition) is 1. The van der Waals surface area contributed by atoms with Crippen LogP contribution < -0.4 is 4.90 Å².